The average Bonchev–Trinajstić information content (AvgIpc) is 2.52. The van der Waals surface area contributed by atoms with Crippen LogP contribution in [0, 0.1) is 0 Å². The Labute approximate surface area is 124 Å². The second kappa shape index (κ2) is 6.92. The molecule has 112 valence electrons. The van der Waals surface area contributed by atoms with Crippen LogP contribution in [-0.2, 0) is 9.59 Å². The van der Waals surface area contributed by atoms with Crippen molar-refractivity contribution >= 4 is 23.6 Å². The van der Waals surface area contributed by atoms with Gasteiger partial charge in [0.15, 0.2) is 0 Å². The largest absolute Gasteiger partial charge is 0.478 e. The highest BCUT2D eigenvalue weighted by molar-refractivity contribution is 5.89. The van der Waals surface area contributed by atoms with Crippen molar-refractivity contribution in [2.24, 2.45) is 0 Å². The summed E-state index contributed by atoms with van der Waals surface area (Å²) in [6.45, 7) is 0.802. The molecule has 1 aliphatic rings. The third-order valence-corrected chi connectivity index (χ3v) is 3.70. The number of benzene rings is 1. The molecule has 5 nitrogen and oxygen atoms in total. The highest BCUT2D eigenvalue weighted by Crippen LogP contribution is 2.28. The summed E-state index contributed by atoms with van der Waals surface area (Å²) in [5, 5.41) is 11.5. The molecule has 1 amide bonds. The number of anilines is 1. The van der Waals surface area contributed by atoms with E-state index in [0.29, 0.717) is 0 Å². The summed E-state index contributed by atoms with van der Waals surface area (Å²) in [7, 11) is 1.64. The third-order valence-electron chi connectivity index (χ3n) is 3.70. The number of nitrogens with one attached hydrogen (secondary N) is 1. The highest BCUT2D eigenvalue weighted by atomic mass is 16.4. The van der Waals surface area contributed by atoms with Crippen LogP contribution in [0.3, 0.4) is 0 Å². The Morgan fingerprint density at radius 2 is 2.10 bits per heavy atom. The van der Waals surface area contributed by atoms with E-state index >= 15 is 0 Å². The fraction of sp³-hybridized carbons (Fsp3) is 0.375. The molecule has 0 bridgehead atoms. The van der Waals surface area contributed by atoms with Crippen LogP contribution in [0.2, 0.25) is 0 Å². The van der Waals surface area contributed by atoms with Crippen LogP contribution >= 0.6 is 0 Å². The molecule has 0 spiro atoms. The van der Waals surface area contributed by atoms with Gasteiger partial charge in [-0.05, 0) is 37.0 Å². The van der Waals surface area contributed by atoms with Gasteiger partial charge < -0.3 is 15.3 Å². The maximum absolute atomic E-state index is 12.1. The number of carboxylic acids is 1. The van der Waals surface area contributed by atoms with Crippen molar-refractivity contribution in [2.75, 3.05) is 18.5 Å². The fourth-order valence-corrected chi connectivity index (χ4v) is 2.71. The van der Waals surface area contributed by atoms with Crippen LogP contribution in [-0.4, -0.2) is 36.6 Å². The van der Waals surface area contributed by atoms with Gasteiger partial charge in [-0.3, -0.25) is 4.79 Å². The highest BCUT2D eigenvalue weighted by Gasteiger charge is 2.28. The number of piperidine rings is 1. The van der Waals surface area contributed by atoms with Gasteiger partial charge in [0.05, 0.1) is 0 Å². The fourth-order valence-electron chi connectivity index (χ4n) is 2.71. The number of hydrogen-bond acceptors (Lipinski definition) is 3. The van der Waals surface area contributed by atoms with Gasteiger partial charge in [0.25, 0.3) is 0 Å². The molecule has 0 aliphatic carbocycles. The summed E-state index contributed by atoms with van der Waals surface area (Å²) in [6.07, 6.45) is 5.58. The molecule has 2 N–H and O–H groups in total. The first kappa shape index (κ1) is 15.1. The van der Waals surface area contributed by atoms with Gasteiger partial charge in [-0.15, -0.1) is 0 Å². The van der Waals surface area contributed by atoms with Crippen molar-refractivity contribution in [3.63, 3.8) is 0 Å². The van der Waals surface area contributed by atoms with Crippen molar-refractivity contribution < 1.29 is 14.7 Å². The lowest BCUT2D eigenvalue weighted by Crippen LogP contribution is -2.49. The summed E-state index contributed by atoms with van der Waals surface area (Å²) in [6, 6.07) is 7.38. The summed E-state index contributed by atoms with van der Waals surface area (Å²) in [5.41, 5.74) is 1.72. The Hall–Kier alpha value is -2.30. The molecular weight excluding hydrogens is 268 g/mol. The molecule has 1 fully saturated rings. The quantitative estimate of drug-likeness (QED) is 0.830. The minimum Gasteiger partial charge on any atom is -0.478 e. The van der Waals surface area contributed by atoms with E-state index in [1.807, 2.05) is 24.3 Å². The zero-order valence-corrected chi connectivity index (χ0v) is 12.1. The normalized spacial score (nSPS) is 18.7. The van der Waals surface area contributed by atoms with E-state index in [9.17, 15) is 9.59 Å². The SMILES string of the molecule is CNC(=O)C1CCCCN1c1ccccc1C=CC(=O)O. The van der Waals surface area contributed by atoms with Gasteiger partial charge in [0, 0.05) is 25.4 Å². The van der Waals surface area contributed by atoms with Gasteiger partial charge in [-0.2, -0.15) is 0 Å². The number of carboxylic acid groups (broad SMARTS) is 1. The number of hydrogen-bond donors (Lipinski definition) is 2. The van der Waals surface area contributed by atoms with Crippen molar-refractivity contribution in [3.8, 4) is 0 Å². The van der Waals surface area contributed by atoms with E-state index in [1.54, 1.807) is 13.1 Å². The number of likely N-dealkylation sites (N-methyl/N-ethyl adjacent to an activating group) is 1. The van der Waals surface area contributed by atoms with E-state index < -0.39 is 5.97 Å². The number of amides is 1. The number of nitrogens with zero attached hydrogens (tertiary/aromatic N) is 1. The van der Waals surface area contributed by atoms with E-state index in [0.717, 1.165) is 43.1 Å². The molecule has 2 rings (SSSR count). The minimum atomic E-state index is -0.980. The Bertz CT molecular complexity index is 554. The van der Waals surface area contributed by atoms with Crippen molar-refractivity contribution in [2.45, 2.75) is 25.3 Å². The predicted octanol–water partition coefficient (Wildman–Crippen LogP) is 1.89. The molecular formula is C16H20N2O3. The van der Waals surface area contributed by atoms with Crippen LogP contribution in [0.25, 0.3) is 6.08 Å². The van der Waals surface area contributed by atoms with Crippen LogP contribution in [0.4, 0.5) is 5.69 Å². The van der Waals surface area contributed by atoms with Gasteiger partial charge in [-0.25, -0.2) is 4.79 Å². The second-order valence-corrected chi connectivity index (χ2v) is 5.05. The zero-order valence-electron chi connectivity index (χ0n) is 12.1. The molecule has 1 heterocycles. The van der Waals surface area contributed by atoms with Crippen LogP contribution < -0.4 is 10.2 Å². The smallest absolute Gasteiger partial charge is 0.328 e. The molecule has 1 aromatic rings. The molecule has 1 aromatic carbocycles. The van der Waals surface area contributed by atoms with E-state index in [4.69, 9.17) is 5.11 Å². The molecule has 0 radical (unpaired) electrons. The zero-order chi connectivity index (χ0) is 15.2. The van der Waals surface area contributed by atoms with Gasteiger partial charge in [0.2, 0.25) is 5.91 Å². The first-order valence-corrected chi connectivity index (χ1v) is 7.11. The van der Waals surface area contributed by atoms with Crippen LogP contribution in [0.15, 0.2) is 30.3 Å². The molecule has 1 atom stereocenters. The predicted molar refractivity (Wildman–Crippen MR) is 82.2 cm³/mol. The van der Waals surface area contributed by atoms with E-state index in [1.165, 1.54) is 0 Å². The second-order valence-electron chi connectivity index (χ2n) is 5.05. The van der Waals surface area contributed by atoms with Gasteiger partial charge >= 0.3 is 5.97 Å². The molecule has 1 saturated heterocycles. The maximum Gasteiger partial charge on any atom is 0.328 e. The summed E-state index contributed by atoms with van der Waals surface area (Å²) < 4.78 is 0. The van der Waals surface area contributed by atoms with E-state index in [2.05, 4.69) is 10.2 Å². The Balaban J connectivity index is 2.34. The number of para-hydroxylation sites is 1. The molecule has 5 heteroatoms. The number of rotatable bonds is 4. The first-order valence-electron chi connectivity index (χ1n) is 7.11. The monoisotopic (exact) mass is 288 g/mol. The van der Waals surface area contributed by atoms with Crippen molar-refractivity contribution in [1.82, 2.24) is 5.32 Å². The molecule has 1 aliphatic heterocycles. The number of carbonyl (C=O) groups is 2. The molecule has 0 aromatic heterocycles. The number of carbonyl (C=O) groups excluding carboxylic acids is 1. The van der Waals surface area contributed by atoms with Crippen LogP contribution in [0.5, 0.6) is 0 Å². The maximum atomic E-state index is 12.1. The van der Waals surface area contributed by atoms with Crippen LogP contribution in [0.1, 0.15) is 24.8 Å². The molecule has 21 heavy (non-hydrogen) atoms. The van der Waals surface area contributed by atoms with Crippen molar-refractivity contribution in [1.29, 1.82) is 0 Å². The Morgan fingerprint density at radius 3 is 2.81 bits per heavy atom. The lowest BCUT2D eigenvalue weighted by Gasteiger charge is -2.37. The van der Waals surface area contributed by atoms with Gasteiger partial charge in [-0.1, -0.05) is 18.2 Å². The van der Waals surface area contributed by atoms with Crippen molar-refractivity contribution in [3.05, 3.63) is 35.9 Å². The minimum absolute atomic E-state index is 0.00622. The molecule has 1 unspecified atom stereocenters. The Kier molecular flexibility index (Phi) is 4.98. The topological polar surface area (TPSA) is 69.6 Å². The Morgan fingerprint density at radius 1 is 1.33 bits per heavy atom. The summed E-state index contributed by atoms with van der Waals surface area (Å²) in [4.78, 5) is 24.9. The molecule has 0 saturated carbocycles. The average molecular weight is 288 g/mol. The standard InChI is InChI=1S/C16H20N2O3/c1-17-16(21)14-8-4-5-11-18(14)13-7-3-2-6-12(13)9-10-15(19)20/h2-3,6-7,9-10,14H,4-5,8,11H2,1H3,(H,17,21)(H,19,20). The first-order chi connectivity index (χ1) is 10.1. The summed E-state index contributed by atoms with van der Waals surface area (Å²) in [5.74, 6) is -0.974. The number of aliphatic carboxylic acids is 1. The lowest BCUT2D eigenvalue weighted by atomic mass is 9.99. The van der Waals surface area contributed by atoms with Gasteiger partial charge in [0.1, 0.15) is 6.04 Å². The van der Waals surface area contributed by atoms with E-state index in [-0.39, 0.29) is 11.9 Å². The lowest BCUT2D eigenvalue weighted by molar-refractivity contribution is -0.131. The summed E-state index contributed by atoms with van der Waals surface area (Å²) >= 11 is 0. The third kappa shape index (κ3) is 3.62.